The van der Waals surface area contributed by atoms with Crippen molar-refractivity contribution < 1.29 is 35.9 Å². The minimum Gasteiger partial charge on any atom is -0.490 e. The van der Waals surface area contributed by atoms with Gasteiger partial charge in [-0.1, -0.05) is 0 Å². The van der Waals surface area contributed by atoms with Gasteiger partial charge in [0.1, 0.15) is 12.4 Å². The first-order valence-electron chi connectivity index (χ1n) is 7.77. The summed E-state index contributed by atoms with van der Waals surface area (Å²) in [5.74, 6) is -2.34. The van der Waals surface area contributed by atoms with Crippen LogP contribution in [0.5, 0.6) is 5.75 Å². The highest BCUT2D eigenvalue weighted by Crippen LogP contribution is 2.30. The third-order valence-electron chi connectivity index (χ3n) is 3.51. The minimum atomic E-state index is -4.77. The van der Waals surface area contributed by atoms with Crippen LogP contribution in [-0.4, -0.2) is 28.0 Å². The fraction of sp³-hybridized carbons (Fsp3) is 0.294. The van der Waals surface area contributed by atoms with E-state index in [-0.39, 0.29) is 11.3 Å². The first kappa shape index (κ1) is 21.9. The van der Waals surface area contributed by atoms with Crippen molar-refractivity contribution >= 4 is 5.91 Å². The molecule has 0 fully saturated rings. The molecule has 1 aromatic heterocycles. The molecule has 29 heavy (non-hydrogen) atoms. The van der Waals surface area contributed by atoms with Crippen LogP contribution in [0.15, 0.2) is 36.7 Å². The van der Waals surface area contributed by atoms with Crippen molar-refractivity contribution in [1.29, 1.82) is 5.26 Å². The highest BCUT2D eigenvalue weighted by Gasteiger charge is 2.35. The average Bonchev–Trinajstić information content (AvgIpc) is 2.65. The van der Waals surface area contributed by atoms with Crippen molar-refractivity contribution in [3.05, 3.63) is 53.6 Å². The normalized spacial score (nSPS) is 13.9. The third-order valence-corrected chi connectivity index (χ3v) is 3.51. The maximum Gasteiger partial charge on any atom is 0.451 e. The van der Waals surface area contributed by atoms with E-state index in [4.69, 9.17) is 4.74 Å². The fourth-order valence-electron chi connectivity index (χ4n) is 1.98. The summed E-state index contributed by atoms with van der Waals surface area (Å²) in [7, 11) is 0. The van der Waals surface area contributed by atoms with Crippen LogP contribution >= 0.6 is 0 Å². The van der Waals surface area contributed by atoms with E-state index >= 15 is 0 Å². The third kappa shape index (κ3) is 5.81. The van der Waals surface area contributed by atoms with Gasteiger partial charge in [-0.15, -0.1) is 0 Å². The molecular formula is C17H12F6N4O2. The van der Waals surface area contributed by atoms with Crippen molar-refractivity contribution in [2.24, 2.45) is 0 Å². The Bertz CT molecular complexity index is 904. The Morgan fingerprint density at radius 3 is 2.07 bits per heavy atom. The number of carbonyl (C=O) groups excluding carboxylic acids is 1. The molecule has 1 N–H and O–H groups in total. The number of alkyl halides is 6. The van der Waals surface area contributed by atoms with E-state index in [0.29, 0.717) is 12.4 Å². The van der Waals surface area contributed by atoms with Crippen LogP contribution in [0.25, 0.3) is 0 Å². The number of rotatable bonds is 5. The Hall–Kier alpha value is -3.36. The maximum atomic E-state index is 12.5. The standard InChI is InChI=1S/C17H12F6N4O2/c1-15(8-24,9-29-12-4-2-11(3-5-12)16(18,19)20)27-13(28)10-6-25-14(26-7-10)17(21,22)23/h2-7H,9H2,1H3,(H,27,28). The van der Waals surface area contributed by atoms with Gasteiger partial charge in [0.25, 0.3) is 5.91 Å². The number of nitrogens with zero attached hydrogens (tertiary/aromatic N) is 3. The van der Waals surface area contributed by atoms with Gasteiger partial charge in [0, 0.05) is 12.4 Å². The Morgan fingerprint density at radius 1 is 1.07 bits per heavy atom. The van der Waals surface area contributed by atoms with Crippen molar-refractivity contribution in [2.45, 2.75) is 24.8 Å². The summed E-state index contributed by atoms with van der Waals surface area (Å²) in [6, 6.07) is 5.44. The van der Waals surface area contributed by atoms with Gasteiger partial charge in [0.05, 0.1) is 17.2 Å². The molecule has 154 valence electrons. The van der Waals surface area contributed by atoms with Crippen molar-refractivity contribution in [2.75, 3.05) is 6.61 Å². The Balaban J connectivity index is 2.04. The monoisotopic (exact) mass is 418 g/mol. The second-order valence-electron chi connectivity index (χ2n) is 6.00. The Labute approximate surface area is 160 Å². The van der Waals surface area contributed by atoms with Crippen LogP contribution in [0.1, 0.15) is 28.7 Å². The summed E-state index contributed by atoms with van der Waals surface area (Å²) in [4.78, 5) is 18.2. The van der Waals surface area contributed by atoms with Gasteiger partial charge in [-0.3, -0.25) is 4.79 Å². The fourth-order valence-corrected chi connectivity index (χ4v) is 1.98. The molecule has 0 aliphatic carbocycles. The summed E-state index contributed by atoms with van der Waals surface area (Å²) in [5.41, 5.74) is -2.85. The molecule has 6 nitrogen and oxygen atoms in total. The van der Waals surface area contributed by atoms with Gasteiger partial charge < -0.3 is 10.1 Å². The lowest BCUT2D eigenvalue weighted by molar-refractivity contribution is -0.145. The van der Waals surface area contributed by atoms with Crippen molar-refractivity contribution in [3.8, 4) is 11.8 Å². The highest BCUT2D eigenvalue weighted by atomic mass is 19.4. The molecule has 1 aromatic carbocycles. The Morgan fingerprint density at radius 2 is 1.62 bits per heavy atom. The Kier molecular flexibility index (Phi) is 6.01. The molecule has 1 heterocycles. The van der Waals surface area contributed by atoms with Gasteiger partial charge in [0.2, 0.25) is 5.82 Å². The molecule has 0 radical (unpaired) electrons. The van der Waals surface area contributed by atoms with Gasteiger partial charge in [0.15, 0.2) is 5.54 Å². The summed E-state index contributed by atoms with van der Waals surface area (Å²) in [5, 5.41) is 11.5. The first-order chi connectivity index (χ1) is 13.3. The predicted octanol–water partition coefficient (Wildman–Crippen LogP) is 3.61. The number of aromatic nitrogens is 2. The second-order valence-corrected chi connectivity index (χ2v) is 6.00. The topological polar surface area (TPSA) is 87.9 Å². The van der Waals surface area contributed by atoms with E-state index in [0.717, 1.165) is 24.3 Å². The summed E-state index contributed by atoms with van der Waals surface area (Å²) >= 11 is 0. The number of hydrogen-bond donors (Lipinski definition) is 1. The number of nitrogens with one attached hydrogen (secondary N) is 1. The van der Waals surface area contributed by atoms with E-state index in [1.165, 1.54) is 6.92 Å². The SMILES string of the molecule is CC(C#N)(COc1ccc(C(F)(F)F)cc1)NC(=O)c1cnc(C(F)(F)F)nc1. The molecule has 0 bridgehead atoms. The highest BCUT2D eigenvalue weighted by molar-refractivity contribution is 5.94. The number of benzene rings is 1. The second kappa shape index (κ2) is 7.94. The smallest absolute Gasteiger partial charge is 0.451 e. The van der Waals surface area contributed by atoms with Gasteiger partial charge >= 0.3 is 12.4 Å². The largest absolute Gasteiger partial charge is 0.490 e. The average molecular weight is 418 g/mol. The van der Waals surface area contributed by atoms with Crippen LogP contribution < -0.4 is 10.1 Å². The van der Waals surface area contributed by atoms with Gasteiger partial charge in [-0.2, -0.15) is 31.6 Å². The maximum absolute atomic E-state index is 12.5. The van der Waals surface area contributed by atoms with Gasteiger partial charge in [-0.25, -0.2) is 9.97 Å². The van der Waals surface area contributed by atoms with E-state index in [2.05, 4.69) is 15.3 Å². The van der Waals surface area contributed by atoms with Crippen LogP contribution in [0.4, 0.5) is 26.3 Å². The zero-order chi connectivity index (χ0) is 21.9. The molecule has 0 aliphatic rings. The summed E-state index contributed by atoms with van der Waals surface area (Å²) in [6.45, 7) is 0.821. The van der Waals surface area contributed by atoms with E-state index in [9.17, 15) is 36.4 Å². The van der Waals surface area contributed by atoms with E-state index in [1.54, 1.807) is 6.07 Å². The number of carbonyl (C=O) groups is 1. The summed E-state index contributed by atoms with van der Waals surface area (Å²) in [6.07, 6.45) is -7.98. The zero-order valence-electron chi connectivity index (χ0n) is 14.6. The van der Waals surface area contributed by atoms with Crippen LogP contribution in [0.3, 0.4) is 0 Å². The quantitative estimate of drug-likeness (QED) is 0.750. The molecule has 1 amide bonds. The van der Waals surface area contributed by atoms with Gasteiger partial charge in [-0.05, 0) is 31.2 Å². The molecule has 12 heteroatoms. The minimum absolute atomic E-state index is 0.0200. The molecule has 2 rings (SSSR count). The molecule has 0 saturated carbocycles. The van der Waals surface area contributed by atoms with Crippen molar-refractivity contribution in [1.82, 2.24) is 15.3 Å². The molecule has 0 spiro atoms. The number of hydrogen-bond acceptors (Lipinski definition) is 5. The number of ether oxygens (including phenoxy) is 1. The molecular weight excluding hydrogens is 406 g/mol. The number of halogens is 6. The first-order valence-corrected chi connectivity index (χ1v) is 7.77. The van der Waals surface area contributed by atoms with Crippen LogP contribution in [-0.2, 0) is 12.4 Å². The molecule has 0 saturated heterocycles. The number of amides is 1. The summed E-state index contributed by atoms with van der Waals surface area (Å²) < 4.78 is 80.2. The van der Waals surface area contributed by atoms with Crippen LogP contribution in [0, 0.1) is 11.3 Å². The predicted molar refractivity (Wildman–Crippen MR) is 85.5 cm³/mol. The molecule has 2 aromatic rings. The lowest BCUT2D eigenvalue weighted by Crippen LogP contribution is -2.49. The molecule has 0 aliphatic heterocycles. The lowest BCUT2D eigenvalue weighted by atomic mass is 10.1. The molecule has 1 unspecified atom stereocenters. The number of nitriles is 1. The van der Waals surface area contributed by atoms with E-state index < -0.39 is 41.8 Å². The zero-order valence-corrected chi connectivity index (χ0v) is 14.6. The lowest BCUT2D eigenvalue weighted by Gasteiger charge is -2.23. The van der Waals surface area contributed by atoms with Crippen LogP contribution in [0.2, 0.25) is 0 Å². The van der Waals surface area contributed by atoms with Crippen molar-refractivity contribution in [3.63, 3.8) is 0 Å². The molecule has 1 atom stereocenters. The van der Waals surface area contributed by atoms with E-state index in [1.807, 2.05) is 0 Å².